The second kappa shape index (κ2) is 10.2. The Kier molecular flexibility index (Phi) is 7.12. The quantitative estimate of drug-likeness (QED) is 0.326. The lowest BCUT2D eigenvalue weighted by Gasteiger charge is -2.29. The monoisotopic (exact) mass is 560 g/mol. The van der Waals surface area contributed by atoms with Gasteiger partial charge in [0.1, 0.15) is 0 Å². The van der Waals surface area contributed by atoms with E-state index in [9.17, 15) is 9.59 Å². The number of halogens is 2. The molecule has 2 amide bonds. The van der Waals surface area contributed by atoms with Gasteiger partial charge in [-0.2, -0.15) is 20.2 Å². The van der Waals surface area contributed by atoms with E-state index in [1.807, 2.05) is 77.9 Å². The van der Waals surface area contributed by atoms with Gasteiger partial charge in [0.05, 0.1) is 23.2 Å². The maximum atomic E-state index is 14.1. The van der Waals surface area contributed by atoms with Crippen molar-refractivity contribution in [3.8, 4) is 0 Å². The first kappa shape index (κ1) is 27.1. The lowest BCUT2D eigenvalue weighted by molar-refractivity contribution is -0.122. The zero-order valence-electron chi connectivity index (χ0n) is 22.8. The molecule has 2 heterocycles. The number of carbonyl (C=O) groups excluding carboxylic acids is 2. The van der Waals surface area contributed by atoms with Gasteiger partial charge in [-0.05, 0) is 82.5 Å². The Hall–Kier alpha value is -3.48. The number of benzene rings is 3. The van der Waals surface area contributed by atoms with Gasteiger partial charge in [0.25, 0.3) is 11.8 Å². The van der Waals surface area contributed by atoms with Gasteiger partial charge in [0.2, 0.25) is 0 Å². The number of hydrogen-bond acceptors (Lipinski definition) is 4. The van der Waals surface area contributed by atoms with E-state index in [-0.39, 0.29) is 11.8 Å². The van der Waals surface area contributed by atoms with Crippen molar-refractivity contribution in [1.29, 1.82) is 0 Å². The van der Waals surface area contributed by atoms with Crippen molar-refractivity contribution in [3.63, 3.8) is 0 Å². The lowest BCUT2D eigenvalue weighted by atomic mass is 9.73. The van der Waals surface area contributed by atoms with E-state index in [1.54, 1.807) is 18.2 Å². The Morgan fingerprint density at radius 1 is 0.667 bits per heavy atom. The molecule has 0 saturated heterocycles. The third kappa shape index (κ3) is 4.77. The Balaban J connectivity index is 1.61. The largest absolute Gasteiger partial charge is 0.272 e. The van der Waals surface area contributed by atoms with Gasteiger partial charge in [-0.15, -0.1) is 0 Å². The maximum absolute atomic E-state index is 14.1. The second-order valence-electron chi connectivity index (χ2n) is 10.5. The van der Waals surface area contributed by atoms with Gasteiger partial charge in [-0.1, -0.05) is 64.7 Å². The van der Waals surface area contributed by atoms with Crippen molar-refractivity contribution >= 4 is 57.8 Å². The van der Waals surface area contributed by atoms with Crippen LogP contribution in [0, 0.1) is 39.5 Å². The molecule has 0 spiro atoms. The molecule has 0 unspecified atom stereocenters. The van der Waals surface area contributed by atoms with Crippen LogP contribution >= 0.6 is 23.2 Å². The number of rotatable bonds is 5. The summed E-state index contributed by atoms with van der Waals surface area (Å²) < 4.78 is 0. The van der Waals surface area contributed by atoms with Crippen LogP contribution in [0.15, 0.2) is 64.8 Å². The maximum Gasteiger partial charge on any atom is 0.256 e. The molecule has 2 aliphatic rings. The van der Waals surface area contributed by atoms with Crippen LogP contribution < -0.4 is 10.0 Å². The van der Waals surface area contributed by atoms with E-state index in [4.69, 9.17) is 33.4 Å². The zero-order valence-corrected chi connectivity index (χ0v) is 24.3. The second-order valence-corrected chi connectivity index (χ2v) is 11.4. The van der Waals surface area contributed by atoms with E-state index in [1.165, 1.54) is 10.0 Å². The highest BCUT2D eigenvalue weighted by Crippen LogP contribution is 2.45. The van der Waals surface area contributed by atoms with Crippen molar-refractivity contribution in [2.75, 3.05) is 10.0 Å². The first-order chi connectivity index (χ1) is 18.5. The molecule has 2 atom stereocenters. The number of nitrogens with zero attached hydrogens (tertiary/aromatic N) is 4. The summed E-state index contributed by atoms with van der Waals surface area (Å²) in [7, 11) is 0. The van der Waals surface area contributed by atoms with Crippen molar-refractivity contribution in [2.45, 2.75) is 47.5 Å². The van der Waals surface area contributed by atoms with Crippen LogP contribution in [-0.4, -0.2) is 23.2 Å². The Labute approximate surface area is 238 Å². The fraction of sp³-hybridized carbons (Fsp3) is 0.290. The number of anilines is 2. The first-order valence-electron chi connectivity index (χ1n) is 12.9. The van der Waals surface area contributed by atoms with Crippen LogP contribution in [-0.2, 0) is 9.59 Å². The van der Waals surface area contributed by atoms with E-state index in [0.29, 0.717) is 38.4 Å². The fourth-order valence-electron chi connectivity index (χ4n) is 5.74. The van der Waals surface area contributed by atoms with Crippen LogP contribution in [0.5, 0.6) is 0 Å². The van der Waals surface area contributed by atoms with E-state index < -0.39 is 17.8 Å². The number of hydrazone groups is 2. The van der Waals surface area contributed by atoms with Crippen LogP contribution in [0.4, 0.5) is 11.4 Å². The third-order valence-corrected chi connectivity index (χ3v) is 8.13. The molecule has 0 radical (unpaired) electrons. The normalized spacial score (nSPS) is 19.3. The minimum absolute atomic E-state index is 0.207. The van der Waals surface area contributed by atoms with Crippen molar-refractivity contribution in [1.82, 2.24) is 0 Å². The van der Waals surface area contributed by atoms with Crippen LogP contribution in [0.25, 0.3) is 0 Å². The molecule has 0 fully saturated rings. The van der Waals surface area contributed by atoms with Gasteiger partial charge in [0, 0.05) is 27.4 Å². The molecule has 0 aromatic heterocycles. The summed E-state index contributed by atoms with van der Waals surface area (Å²) in [5, 5.41) is 13.2. The summed E-state index contributed by atoms with van der Waals surface area (Å²) in [6.07, 6.45) is 0. The molecule has 0 aliphatic carbocycles. The molecule has 8 heteroatoms. The first-order valence-corrected chi connectivity index (χ1v) is 13.6. The average molecular weight is 562 g/mol. The van der Waals surface area contributed by atoms with Gasteiger partial charge in [-0.25, -0.2) is 0 Å². The average Bonchev–Trinajstić information content (AvgIpc) is 3.30. The Bertz CT molecular complexity index is 1490. The number of hydrogen-bond donors (Lipinski definition) is 0. The Morgan fingerprint density at radius 2 is 1.13 bits per heavy atom. The standard InChI is InChI=1S/C31H30Cl2N4O2/c1-16-7-11-25(18(3)13-16)36-30(38)27(20(5)34-36)29(23-10-9-22(32)15-24(23)33)28-21(6)35-37(31(28)39)26-12-8-17(2)14-19(26)4/h7-15,27-29H,1-6H3/t27-,28-/m0/s1. The summed E-state index contributed by atoms with van der Waals surface area (Å²) >= 11 is 13.0. The predicted octanol–water partition coefficient (Wildman–Crippen LogP) is 7.39. The summed E-state index contributed by atoms with van der Waals surface area (Å²) in [5.74, 6) is -2.49. The minimum Gasteiger partial charge on any atom is -0.272 e. The van der Waals surface area contributed by atoms with Gasteiger partial charge in [-0.3, -0.25) is 9.59 Å². The van der Waals surface area contributed by atoms with Gasteiger partial charge >= 0.3 is 0 Å². The van der Waals surface area contributed by atoms with E-state index >= 15 is 0 Å². The van der Waals surface area contributed by atoms with Crippen LogP contribution in [0.2, 0.25) is 10.0 Å². The molecule has 5 rings (SSSR count). The van der Waals surface area contributed by atoms with Crippen molar-refractivity contribution in [2.24, 2.45) is 22.0 Å². The van der Waals surface area contributed by atoms with E-state index in [0.717, 1.165) is 22.3 Å². The van der Waals surface area contributed by atoms with Crippen molar-refractivity contribution in [3.05, 3.63) is 92.5 Å². The van der Waals surface area contributed by atoms with E-state index in [2.05, 4.69) is 0 Å². The molecule has 200 valence electrons. The van der Waals surface area contributed by atoms with Gasteiger partial charge < -0.3 is 0 Å². The zero-order chi connectivity index (χ0) is 28.2. The molecule has 3 aromatic rings. The topological polar surface area (TPSA) is 65.3 Å². The molecule has 39 heavy (non-hydrogen) atoms. The summed E-state index contributed by atoms with van der Waals surface area (Å²) in [5.41, 5.74) is 7.40. The van der Waals surface area contributed by atoms with Gasteiger partial charge in [0.15, 0.2) is 0 Å². The molecule has 3 aromatic carbocycles. The molecule has 0 saturated carbocycles. The fourth-order valence-corrected chi connectivity index (χ4v) is 6.28. The molecular formula is C31H30Cl2N4O2. The van der Waals surface area contributed by atoms with Crippen LogP contribution in [0.1, 0.15) is 47.6 Å². The highest BCUT2D eigenvalue weighted by Gasteiger charge is 2.50. The SMILES string of the molecule is CC1=NN(c2ccc(C)cc2C)C(=O)[C@@H]1C(c1ccc(Cl)cc1Cl)[C@H]1C(=O)N(c2ccc(C)cc2C)N=C1C. The minimum atomic E-state index is -0.720. The van der Waals surface area contributed by atoms with Crippen LogP contribution in [0.3, 0.4) is 0 Å². The third-order valence-electron chi connectivity index (χ3n) is 7.57. The number of amides is 2. The summed E-state index contributed by atoms with van der Waals surface area (Å²) in [6.45, 7) is 11.6. The highest BCUT2D eigenvalue weighted by atomic mass is 35.5. The molecule has 2 aliphatic heterocycles. The highest BCUT2D eigenvalue weighted by molar-refractivity contribution is 6.35. The molecule has 6 nitrogen and oxygen atoms in total. The summed E-state index contributed by atoms with van der Waals surface area (Å²) in [6, 6.07) is 16.9. The molecular weight excluding hydrogens is 531 g/mol. The number of carbonyl (C=O) groups is 2. The number of aryl methyl sites for hydroxylation is 4. The lowest BCUT2D eigenvalue weighted by Crippen LogP contribution is -2.40. The smallest absolute Gasteiger partial charge is 0.256 e. The predicted molar refractivity (Wildman–Crippen MR) is 159 cm³/mol. The summed E-state index contributed by atoms with van der Waals surface area (Å²) in [4.78, 5) is 28.3. The Morgan fingerprint density at radius 3 is 1.54 bits per heavy atom. The van der Waals surface area contributed by atoms with Crippen molar-refractivity contribution < 1.29 is 9.59 Å². The molecule has 0 bridgehead atoms. The molecule has 0 N–H and O–H groups in total.